The maximum Gasteiger partial charge on any atom is 0.332 e. The van der Waals surface area contributed by atoms with Crippen molar-refractivity contribution in [3.05, 3.63) is 35.4 Å². The molecule has 5 nitrogen and oxygen atoms in total. The van der Waals surface area contributed by atoms with Gasteiger partial charge in [0, 0.05) is 5.56 Å². The Hall–Kier alpha value is -1.88. The van der Waals surface area contributed by atoms with E-state index >= 15 is 0 Å². The molecule has 1 amide bonds. The Morgan fingerprint density at radius 3 is 2.75 bits per heavy atom. The lowest BCUT2D eigenvalue weighted by molar-refractivity contribution is -0.149. The van der Waals surface area contributed by atoms with Gasteiger partial charge in [-0.25, -0.2) is 4.79 Å². The molecule has 1 aromatic carbocycles. The van der Waals surface area contributed by atoms with Crippen LogP contribution in [0.25, 0.3) is 0 Å². The molecule has 0 fully saturated rings. The third kappa shape index (κ3) is 3.36. The third-order valence-electron chi connectivity index (χ3n) is 2.06. The second kappa shape index (κ2) is 5.27. The van der Waals surface area contributed by atoms with E-state index in [9.17, 15) is 9.59 Å². The zero-order chi connectivity index (χ0) is 12.1. The maximum atomic E-state index is 10.9. The summed E-state index contributed by atoms with van der Waals surface area (Å²) in [6.45, 7) is 1.58. The van der Waals surface area contributed by atoms with Crippen molar-refractivity contribution in [2.24, 2.45) is 5.73 Å². The van der Waals surface area contributed by atoms with E-state index in [1.165, 1.54) is 6.92 Å². The summed E-state index contributed by atoms with van der Waals surface area (Å²) < 4.78 is 5.07. The van der Waals surface area contributed by atoms with Crippen LogP contribution in [0.5, 0.6) is 0 Å². The molecule has 1 aromatic rings. The van der Waals surface area contributed by atoms with E-state index in [1.54, 1.807) is 24.3 Å². The van der Waals surface area contributed by atoms with E-state index in [0.29, 0.717) is 11.1 Å². The molecular weight excluding hydrogens is 210 g/mol. The van der Waals surface area contributed by atoms with Crippen LogP contribution in [0.1, 0.15) is 22.8 Å². The number of ether oxygens (including phenoxy) is 1. The van der Waals surface area contributed by atoms with E-state index in [0.717, 1.165) is 0 Å². The first-order chi connectivity index (χ1) is 7.50. The lowest BCUT2D eigenvalue weighted by Gasteiger charge is -2.08. The van der Waals surface area contributed by atoms with Gasteiger partial charge in [-0.05, 0) is 24.6 Å². The summed E-state index contributed by atoms with van der Waals surface area (Å²) in [5.41, 5.74) is 6.20. The number of carboxylic acid groups (broad SMARTS) is 1. The van der Waals surface area contributed by atoms with Gasteiger partial charge in [-0.3, -0.25) is 4.79 Å². The molecule has 3 N–H and O–H groups in total. The topological polar surface area (TPSA) is 89.6 Å². The van der Waals surface area contributed by atoms with Crippen LogP contribution in [-0.2, 0) is 16.1 Å². The van der Waals surface area contributed by atoms with Crippen molar-refractivity contribution in [2.75, 3.05) is 0 Å². The van der Waals surface area contributed by atoms with E-state index in [1.807, 2.05) is 0 Å². The fourth-order valence-electron chi connectivity index (χ4n) is 1.11. The molecular formula is C11H13NO4. The second-order valence-electron chi connectivity index (χ2n) is 3.36. The predicted octanol–water partition coefficient (Wildman–Crippen LogP) is 0.775. The van der Waals surface area contributed by atoms with Crippen molar-refractivity contribution in [1.29, 1.82) is 0 Å². The van der Waals surface area contributed by atoms with Crippen LogP contribution in [0.2, 0.25) is 0 Å². The van der Waals surface area contributed by atoms with Gasteiger partial charge in [-0.2, -0.15) is 0 Å². The summed E-state index contributed by atoms with van der Waals surface area (Å²) in [6, 6.07) is 6.58. The normalized spacial score (nSPS) is 12.1. The van der Waals surface area contributed by atoms with E-state index < -0.39 is 18.0 Å². The largest absolute Gasteiger partial charge is 0.479 e. The highest BCUT2D eigenvalue weighted by molar-refractivity contribution is 5.92. The SMILES string of the molecule is C[C@@H](OCc1cccc(C(N)=O)c1)C(=O)O. The van der Waals surface area contributed by atoms with Crippen molar-refractivity contribution < 1.29 is 19.4 Å². The van der Waals surface area contributed by atoms with Crippen LogP contribution in [0, 0.1) is 0 Å². The van der Waals surface area contributed by atoms with Gasteiger partial charge in [-0.15, -0.1) is 0 Å². The number of hydrogen-bond acceptors (Lipinski definition) is 3. The van der Waals surface area contributed by atoms with Gasteiger partial charge in [0.1, 0.15) is 0 Å². The Morgan fingerprint density at radius 2 is 2.19 bits per heavy atom. The van der Waals surface area contributed by atoms with Gasteiger partial charge in [-0.1, -0.05) is 12.1 Å². The van der Waals surface area contributed by atoms with Gasteiger partial charge in [0.05, 0.1) is 6.61 Å². The summed E-state index contributed by atoms with van der Waals surface area (Å²) in [4.78, 5) is 21.4. The molecule has 0 saturated heterocycles. The van der Waals surface area contributed by atoms with Crippen LogP contribution in [0.4, 0.5) is 0 Å². The van der Waals surface area contributed by atoms with Crippen LogP contribution in [0.3, 0.4) is 0 Å². The molecule has 0 heterocycles. The number of carbonyl (C=O) groups is 2. The van der Waals surface area contributed by atoms with Gasteiger partial charge < -0.3 is 15.6 Å². The third-order valence-corrected chi connectivity index (χ3v) is 2.06. The zero-order valence-electron chi connectivity index (χ0n) is 8.84. The summed E-state index contributed by atoms with van der Waals surface area (Å²) in [5, 5.41) is 8.60. The number of rotatable bonds is 5. The van der Waals surface area contributed by atoms with E-state index in [-0.39, 0.29) is 6.61 Å². The number of hydrogen-bond donors (Lipinski definition) is 2. The first kappa shape index (κ1) is 12.2. The lowest BCUT2D eigenvalue weighted by atomic mass is 10.1. The smallest absolute Gasteiger partial charge is 0.332 e. The molecule has 0 saturated carbocycles. The standard InChI is InChI=1S/C11H13NO4/c1-7(11(14)15)16-6-8-3-2-4-9(5-8)10(12)13/h2-5,7H,6H2,1H3,(H2,12,13)(H,14,15)/t7-/m1/s1. The number of benzene rings is 1. The number of primary amides is 1. The quantitative estimate of drug-likeness (QED) is 0.771. The van der Waals surface area contributed by atoms with Crippen molar-refractivity contribution in [3.63, 3.8) is 0 Å². The maximum absolute atomic E-state index is 10.9. The molecule has 0 aromatic heterocycles. The van der Waals surface area contributed by atoms with Gasteiger partial charge in [0.2, 0.25) is 5.91 Å². The molecule has 86 valence electrons. The molecule has 0 bridgehead atoms. The number of aliphatic carboxylic acids is 1. The van der Waals surface area contributed by atoms with Crippen LogP contribution in [-0.4, -0.2) is 23.1 Å². The molecule has 0 radical (unpaired) electrons. The van der Waals surface area contributed by atoms with E-state index in [2.05, 4.69) is 0 Å². The Bertz CT molecular complexity index is 403. The zero-order valence-corrected chi connectivity index (χ0v) is 8.84. The van der Waals surface area contributed by atoms with E-state index in [4.69, 9.17) is 15.6 Å². The molecule has 0 aliphatic rings. The van der Waals surface area contributed by atoms with Gasteiger partial charge >= 0.3 is 5.97 Å². The number of nitrogens with two attached hydrogens (primary N) is 1. The molecule has 0 unspecified atom stereocenters. The molecule has 16 heavy (non-hydrogen) atoms. The number of carboxylic acids is 1. The minimum absolute atomic E-state index is 0.134. The molecule has 0 aliphatic carbocycles. The minimum Gasteiger partial charge on any atom is -0.479 e. The Morgan fingerprint density at radius 1 is 1.50 bits per heavy atom. The summed E-state index contributed by atoms with van der Waals surface area (Å²) in [6.07, 6.45) is -0.878. The monoisotopic (exact) mass is 223 g/mol. The molecule has 5 heteroatoms. The highest BCUT2D eigenvalue weighted by atomic mass is 16.5. The van der Waals surface area contributed by atoms with Gasteiger partial charge in [0.15, 0.2) is 6.10 Å². The lowest BCUT2D eigenvalue weighted by Crippen LogP contribution is -2.19. The Balaban J connectivity index is 2.64. The summed E-state index contributed by atoms with van der Waals surface area (Å²) in [5.74, 6) is -1.54. The van der Waals surface area contributed by atoms with Crippen molar-refractivity contribution >= 4 is 11.9 Å². The average molecular weight is 223 g/mol. The van der Waals surface area contributed by atoms with Gasteiger partial charge in [0.25, 0.3) is 0 Å². The van der Waals surface area contributed by atoms with Crippen LogP contribution >= 0.6 is 0 Å². The van der Waals surface area contributed by atoms with Crippen LogP contribution in [0.15, 0.2) is 24.3 Å². The summed E-state index contributed by atoms with van der Waals surface area (Å²) in [7, 11) is 0. The van der Waals surface area contributed by atoms with Crippen LogP contribution < -0.4 is 5.73 Å². The Labute approximate surface area is 92.8 Å². The molecule has 1 atom stereocenters. The number of amides is 1. The first-order valence-corrected chi connectivity index (χ1v) is 4.74. The highest BCUT2D eigenvalue weighted by Gasteiger charge is 2.11. The predicted molar refractivity (Wildman–Crippen MR) is 56.8 cm³/mol. The average Bonchev–Trinajstić information content (AvgIpc) is 2.26. The molecule has 0 aliphatic heterocycles. The van der Waals surface area contributed by atoms with Crippen molar-refractivity contribution in [2.45, 2.75) is 19.6 Å². The second-order valence-corrected chi connectivity index (χ2v) is 3.36. The first-order valence-electron chi connectivity index (χ1n) is 4.74. The highest BCUT2D eigenvalue weighted by Crippen LogP contribution is 2.07. The molecule has 0 spiro atoms. The minimum atomic E-state index is -1.02. The molecule has 1 rings (SSSR count). The number of carbonyl (C=O) groups excluding carboxylic acids is 1. The Kier molecular flexibility index (Phi) is 4.02. The summed E-state index contributed by atoms with van der Waals surface area (Å²) >= 11 is 0. The fourth-order valence-corrected chi connectivity index (χ4v) is 1.11. The van der Waals surface area contributed by atoms with Crippen molar-refractivity contribution in [1.82, 2.24) is 0 Å². The fraction of sp³-hybridized carbons (Fsp3) is 0.273. The van der Waals surface area contributed by atoms with Crippen molar-refractivity contribution in [3.8, 4) is 0 Å².